The number of rotatable bonds is 4. The normalized spacial score (nSPS) is 11.0. The van der Waals surface area contributed by atoms with Crippen molar-refractivity contribution in [2.24, 2.45) is 0 Å². The van der Waals surface area contributed by atoms with Crippen LogP contribution < -0.4 is 10.1 Å². The van der Waals surface area contributed by atoms with E-state index in [9.17, 15) is 4.79 Å². The number of carbonyl (C=O) groups is 1. The molecule has 0 saturated carbocycles. The quantitative estimate of drug-likeness (QED) is 0.299. The van der Waals surface area contributed by atoms with Crippen molar-refractivity contribution < 1.29 is 13.9 Å². The Bertz CT molecular complexity index is 1270. The van der Waals surface area contributed by atoms with Gasteiger partial charge in [-0.05, 0) is 48.5 Å². The topological polar surface area (TPSA) is 64.4 Å². The van der Waals surface area contributed by atoms with Crippen molar-refractivity contribution >= 4 is 73.4 Å². The maximum atomic E-state index is 12.6. The number of aromatic nitrogens is 1. The van der Waals surface area contributed by atoms with E-state index in [0.29, 0.717) is 44.6 Å². The molecule has 1 amide bonds. The second kappa shape index (κ2) is 8.47. The van der Waals surface area contributed by atoms with Gasteiger partial charge >= 0.3 is 0 Å². The van der Waals surface area contributed by atoms with Gasteiger partial charge in [-0.2, -0.15) is 0 Å². The van der Waals surface area contributed by atoms with Gasteiger partial charge in [-0.3, -0.25) is 4.79 Å². The third kappa shape index (κ3) is 4.14. The molecule has 0 radical (unpaired) electrons. The first kappa shape index (κ1) is 21.0. The fraction of sp³-hybridized carbons (Fsp3) is 0.0476. The average Bonchev–Trinajstić information content (AvgIpc) is 3.12. The maximum Gasteiger partial charge on any atom is 0.255 e. The lowest BCUT2D eigenvalue weighted by molar-refractivity contribution is 0.102. The third-order valence-electron chi connectivity index (χ3n) is 4.27. The summed E-state index contributed by atoms with van der Waals surface area (Å²) in [5, 5.41) is 3.82. The van der Waals surface area contributed by atoms with E-state index < -0.39 is 0 Å². The average molecular weight is 527 g/mol. The summed E-state index contributed by atoms with van der Waals surface area (Å²) in [6.07, 6.45) is 0. The lowest BCUT2D eigenvalue weighted by atomic mass is 10.2. The summed E-state index contributed by atoms with van der Waals surface area (Å²) in [6.45, 7) is 0. The molecule has 3 aromatic carbocycles. The predicted octanol–water partition coefficient (Wildman–Crippen LogP) is 7.48. The fourth-order valence-corrected chi connectivity index (χ4v) is 4.07. The van der Waals surface area contributed by atoms with E-state index in [0.717, 1.165) is 4.47 Å². The van der Waals surface area contributed by atoms with E-state index in [-0.39, 0.29) is 16.0 Å². The molecule has 4 aromatic rings. The molecule has 0 fully saturated rings. The molecule has 5 nitrogen and oxygen atoms in total. The molecule has 0 aliphatic rings. The molecule has 1 N–H and O–H groups in total. The van der Waals surface area contributed by atoms with Crippen LogP contribution >= 0.6 is 50.7 Å². The van der Waals surface area contributed by atoms with Gasteiger partial charge in [0.1, 0.15) is 5.52 Å². The number of anilines is 1. The largest absolute Gasteiger partial charge is 0.494 e. The molecule has 4 rings (SSSR count). The van der Waals surface area contributed by atoms with Gasteiger partial charge in [0.2, 0.25) is 5.89 Å². The number of nitrogens with one attached hydrogen (secondary N) is 1. The van der Waals surface area contributed by atoms with E-state index in [4.69, 9.17) is 44.0 Å². The van der Waals surface area contributed by atoms with Crippen molar-refractivity contribution in [2.75, 3.05) is 12.4 Å². The molecule has 0 atom stereocenters. The van der Waals surface area contributed by atoms with E-state index in [1.54, 1.807) is 24.3 Å². The molecule has 0 aliphatic heterocycles. The van der Waals surface area contributed by atoms with Crippen molar-refractivity contribution in [3.63, 3.8) is 0 Å². The van der Waals surface area contributed by atoms with Crippen molar-refractivity contribution in [1.29, 1.82) is 0 Å². The van der Waals surface area contributed by atoms with Gasteiger partial charge in [0.15, 0.2) is 11.3 Å². The van der Waals surface area contributed by atoms with E-state index in [2.05, 4.69) is 26.2 Å². The van der Waals surface area contributed by atoms with Crippen molar-refractivity contribution in [3.8, 4) is 17.2 Å². The Labute approximate surface area is 195 Å². The Kier molecular flexibility index (Phi) is 5.93. The molecular weight excluding hydrogens is 515 g/mol. The number of hydrogen-bond acceptors (Lipinski definition) is 4. The second-order valence-corrected chi connectivity index (χ2v) is 8.39. The first-order valence-electron chi connectivity index (χ1n) is 8.56. The van der Waals surface area contributed by atoms with E-state index >= 15 is 0 Å². The second-order valence-electron chi connectivity index (χ2n) is 6.25. The van der Waals surface area contributed by atoms with Crippen LogP contribution in [0.3, 0.4) is 0 Å². The van der Waals surface area contributed by atoms with Crippen LogP contribution in [0.15, 0.2) is 57.4 Å². The summed E-state index contributed by atoms with van der Waals surface area (Å²) in [5.74, 6) is 0.325. The number of halogens is 4. The van der Waals surface area contributed by atoms with Gasteiger partial charge in [0.25, 0.3) is 5.91 Å². The molecule has 0 spiro atoms. The van der Waals surface area contributed by atoms with E-state index in [1.807, 2.05) is 12.1 Å². The highest BCUT2D eigenvalue weighted by Gasteiger charge is 2.16. The zero-order valence-electron chi connectivity index (χ0n) is 15.3. The molecule has 1 heterocycles. The van der Waals surface area contributed by atoms with Gasteiger partial charge in [-0.25, -0.2) is 4.98 Å². The standard InChI is InChI=1S/C21H12BrCl3N2O3/c1-29-19-15(24)6-10(7-16(19)25)20(28)26-12-3-5-18-17(9-12)27-21(30-18)13-8-11(22)2-4-14(13)23/h2-9H,1H3,(H,26,28). The molecule has 0 bridgehead atoms. The smallest absolute Gasteiger partial charge is 0.255 e. The summed E-state index contributed by atoms with van der Waals surface area (Å²) >= 11 is 21.9. The third-order valence-corrected chi connectivity index (χ3v) is 5.65. The lowest BCUT2D eigenvalue weighted by Gasteiger charge is -2.09. The Balaban J connectivity index is 1.63. The number of fused-ring (bicyclic) bond motifs is 1. The fourth-order valence-electron chi connectivity index (χ4n) is 2.87. The van der Waals surface area contributed by atoms with Crippen LogP contribution in [-0.4, -0.2) is 18.0 Å². The number of hydrogen-bond donors (Lipinski definition) is 1. The molecule has 152 valence electrons. The first-order valence-corrected chi connectivity index (χ1v) is 10.5. The van der Waals surface area contributed by atoms with Crippen molar-refractivity contribution in [2.45, 2.75) is 0 Å². The molecule has 0 unspecified atom stereocenters. The number of methoxy groups -OCH3 is 1. The number of ether oxygens (including phenoxy) is 1. The SMILES string of the molecule is COc1c(Cl)cc(C(=O)Nc2ccc3oc(-c4cc(Br)ccc4Cl)nc3c2)cc1Cl. The lowest BCUT2D eigenvalue weighted by Crippen LogP contribution is -2.12. The van der Waals surface area contributed by atoms with Gasteiger partial charge < -0.3 is 14.5 Å². The van der Waals surface area contributed by atoms with Crippen LogP contribution in [0.4, 0.5) is 5.69 Å². The summed E-state index contributed by atoms with van der Waals surface area (Å²) in [7, 11) is 1.45. The summed E-state index contributed by atoms with van der Waals surface area (Å²) in [4.78, 5) is 17.1. The summed E-state index contributed by atoms with van der Waals surface area (Å²) in [5.41, 5.74) is 2.64. The molecular formula is C21H12BrCl3N2O3. The molecule has 0 aliphatic carbocycles. The van der Waals surface area contributed by atoms with Gasteiger partial charge in [-0.1, -0.05) is 50.7 Å². The summed E-state index contributed by atoms with van der Waals surface area (Å²) < 4.78 is 11.8. The predicted molar refractivity (Wildman–Crippen MR) is 123 cm³/mol. The van der Waals surface area contributed by atoms with Crippen LogP contribution in [0.5, 0.6) is 5.75 Å². The number of amides is 1. The van der Waals surface area contributed by atoms with Gasteiger partial charge in [0, 0.05) is 15.7 Å². The Morgan fingerprint density at radius 3 is 2.47 bits per heavy atom. The monoisotopic (exact) mass is 524 g/mol. The first-order chi connectivity index (χ1) is 14.4. The Morgan fingerprint density at radius 1 is 1.03 bits per heavy atom. The highest BCUT2D eigenvalue weighted by molar-refractivity contribution is 9.10. The van der Waals surface area contributed by atoms with Gasteiger partial charge in [-0.15, -0.1) is 0 Å². The number of benzene rings is 3. The van der Waals surface area contributed by atoms with Crippen LogP contribution in [0.1, 0.15) is 10.4 Å². The highest BCUT2D eigenvalue weighted by Crippen LogP contribution is 2.35. The zero-order chi connectivity index (χ0) is 21.4. The van der Waals surface area contributed by atoms with Crippen LogP contribution in [0.2, 0.25) is 15.1 Å². The molecule has 0 saturated heterocycles. The molecule has 1 aromatic heterocycles. The Hall–Kier alpha value is -2.25. The van der Waals surface area contributed by atoms with Crippen molar-refractivity contribution in [1.82, 2.24) is 4.98 Å². The Morgan fingerprint density at radius 2 is 1.77 bits per heavy atom. The van der Waals surface area contributed by atoms with Crippen LogP contribution in [0, 0.1) is 0 Å². The maximum absolute atomic E-state index is 12.6. The number of carbonyl (C=O) groups excluding carboxylic acids is 1. The van der Waals surface area contributed by atoms with Crippen LogP contribution in [-0.2, 0) is 0 Å². The highest BCUT2D eigenvalue weighted by atomic mass is 79.9. The molecule has 9 heteroatoms. The zero-order valence-corrected chi connectivity index (χ0v) is 19.2. The van der Waals surface area contributed by atoms with E-state index in [1.165, 1.54) is 19.2 Å². The van der Waals surface area contributed by atoms with Crippen molar-refractivity contribution in [3.05, 3.63) is 73.6 Å². The minimum Gasteiger partial charge on any atom is -0.494 e. The minimum absolute atomic E-state index is 0.248. The number of oxazole rings is 1. The van der Waals surface area contributed by atoms with Crippen LogP contribution in [0.25, 0.3) is 22.6 Å². The summed E-state index contributed by atoms with van der Waals surface area (Å²) in [6, 6.07) is 13.5. The van der Waals surface area contributed by atoms with Gasteiger partial charge in [0.05, 0.1) is 27.7 Å². The minimum atomic E-state index is -0.375. The molecule has 30 heavy (non-hydrogen) atoms. The number of nitrogens with zero attached hydrogens (tertiary/aromatic N) is 1.